The first-order valence-electron chi connectivity index (χ1n) is 31.5. The lowest BCUT2D eigenvalue weighted by Gasteiger charge is -2.46. The van der Waals surface area contributed by atoms with E-state index < -0.39 is 0 Å². The van der Waals surface area contributed by atoms with Crippen LogP contribution in [0.15, 0.2) is 110 Å². The van der Waals surface area contributed by atoms with Crippen LogP contribution in [0.3, 0.4) is 0 Å². The molecule has 5 aliphatic heterocycles. The Hall–Kier alpha value is -9.08. The normalized spacial score (nSPS) is 19.3. The van der Waals surface area contributed by atoms with Crippen LogP contribution < -0.4 is 31.1 Å². The number of aromatic hydroxyl groups is 3. The third-order valence-corrected chi connectivity index (χ3v) is 17.5. The Labute approximate surface area is 528 Å². The average Bonchev–Trinajstić information content (AvgIpc) is 1.89. The lowest BCUT2D eigenvalue weighted by molar-refractivity contribution is 0.0770. The monoisotopic (exact) mass is 1240 g/mol. The number of aromatic amines is 3. The highest BCUT2D eigenvalue weighted by atomic mass is 16.5. The van der Waals surface area contributed by atoms with E-state index in [4.69, 9.17) is 9.47 Å². The molecule has 10 N–H and O–H groups in total. The summed E-state index contributed by atoms with van der Waals surface area (Å²) in [5.74, 6) is 3.88. The minimum Gasteiger partial charge on any atom is -0.507 e. The number of anilines is 3. The highest BCUT2D eigenvalue weighted by Crippen LogP contribution is 2.36. The van der Waals surface area contributed by atoms with Crippen LogP contribution >= 0.6 is 0 Å². The highest BCUT2D eigenvalue weighted by Gasteiger charge is 2.38. The predicted molar refractivity (Wildman–Crippen MR) is 346 cm³/mol. The predicted octanol–water partition coefficient (Wildman–Crippen LogP) is 7.81. The summed E-state index contributed by atoms with van der Waals surface area (Å²) in [7, 11) is 0. The molecule has 14 rings (SSSR count). The number of nitrogens with one attached hydrogen (secondary N) is 7. The Morgan fingerprint density at radius 2 is 0.923 bits per heavy atom. The maximum atomic E-state index is 10.5. The van der Waals surface area contributed by atoms with Crippen molar-refractivity contribution in [3.05, 3.63) is 110 Å². The second-order valence-corrected chi connectivity index (χ2v) is 25.5. The first-order chi connectivity index (χ1) is 44.2. The van der Waals surface area contributed by atoms with Gasteiger partial charge in [0.2, 0.25) is 11.9 Å². The summed E-state index contributed by atoms with van der Waals surface area (Å²) in [6, 6.07) is 17.7. The van der Waals surface area contributed by atoms with Crippen LogP contribution in [0.4, 0.5) is 17.7 Å². The van der Waals surface area contributed by atoms with E-state index in [-0.39, 0.29) is 34.4 Å². The number of ether oxygens (including phenoxy) is 2. The number of hydrogen-bond acceptors (Lipinski definition) is 23. The number of hydrogen-bond donors (Lipinski definition) is 10. The fourth-order valence-electron chi connectivity index (χ4n) is 13.0. The van der Waals surface area contributed by atoms with Crippen molar-refractivity contribution >= 4 is 17.7 Å². The lowest BCUT2D eigenvalue weighted by Crippen LogP contribution is -2.60. The molecule has 0 aliphatic carbocycles. The molecule has 0 bridgehead atoms. The molecule has 26 heteroatoms. The molecule has 0 radical (unpaired) electrons. The Balaban J connectivity index is 0.000000132. The van der Waals surface area contributed by atoms with E-state index in [2.05, 4.69) is 135 Å². The van der Waals surface area contributed by atoms with Gasteiger partial charge in [-0.15, -0.1) is 30.6 Å². The first kappa shape index (κ1) is 62.1. The number of H-pyrrole nitrogens is 3. The van der Waals surface area contributed by atoms with Gasteiger partial charge < -0.3 is 55.9 Å². The van der Waals surface area contributed by atoms with Crippen molar-refractivity contribution in [1.82, 2.24) is 92.1 Å². The molecule has 3 aromatic carbocycles. The molecule has 9 aromatic rings. The number of phenols is 3. The first-order valence-corrected chi connectivity index (χ1v) is 31.5. The highest BCUT2D eigenvalue weighted by molar-refractivity contribution is 5.75. The number of phenolic OH excluding ortho intramolecular Hbond substituents is 3. The van der Waals surface area contributed by atoms with Crippen molar-refractivity contribution < 1.29 is 24.8 Å². The second kappa shape index (κ2) is 28.4. The Kier molecular flexibility index (Phi) is 19.4. The van der Waals surface area contributed by atoms with Gasteiger partial charge in [0.1, 0.15) is 28.6 Å². The smallest absolute Gasteiger partial charge is 0.245 e. The minimum absolute atomic E-state index is 0.0444. The molecule has 0 amide bonds. The van der Waals surface area contributed by atoms with Gasteiger partial charge in [-0.25, -0.2) is 15.0 Å². The van der Waals surface area contributed by atoms with Crippen molar-refractivity contribution in [3.8, 4) is 84.5 Å². The van der Waals surface area contributed by atoms with E-state index in [1.165, 1.54) is 0 Å². The molecule has 91 heavy (non-hydrogen) atoms. The third kappa shape index (κ3) is 16.1. The zero-order valence-electron chi connectivity index (χ0n) is 51.9. The van der Waals surface area contributed by atoms with Gasteiger partial charge in [-0.05, 0) is 157 Å². The molecule has 11 heterocycles. The Morgan fingerprint density at radius 1 is 0.484 bits per heavy atom. The fraction of sp³-hybridized carbons (Fsp3) is 0.446. The zero-order chi connectivity index (χ0) is 62.7. The molecular weight excluding hydrogens is 1150 g/mol. The molecule has 476 valence electrons. The van der Waals surface area contributed by atoms with E-state index in [9.17, 15) is 15.3 Å². The van der Waals surface area contributed by atoms with E-state index in [1.807, 2.05) is 30.3 Å². The Bertz CT molecular complexity index is 3550. The van der Waals surface area contributed by atoms with Crippen LogP contribution in [-0.2, 0) is 9.47 Å². The number of benzene rings is 3. The van der Waals surface area contributed by atoms with Crippen LogP contribution in [0, 0.1) is 11.8 Å². The van der Waals surface area contributed by atoms with Crippen LogP contribution in [0.2, 0.25) is 0 Å². The molecule has 5 saturated heterocycles. The van der Waals surface area contributed by atoms with Gasteiger partial charge in [0, 0.05) is 128 Å². The van der Waals surface area contributed by atoms with Crippen molar-refractivity contribution in [1.29, 1.82) is 0 Å². The molecule has 26 nitrogen and oxygen atoms in total. The van der Waals surface area contributed by atoms with E-state index >= 15 is 0 Å². The van der Waals surface area contributed by atoms with Crippen molar-refractivity contribution in [2.24, 2.45) is 11.8 Å². The van der Waals surface area contributed by atoms with Gasteiger partial charge in [0.05, 0.1) is 42.7 Å². The van der Waals surface area contributed by atoms with E-state index in [0.29, 0.717) is 75.5 Å². The summed E-state index contributed by atoms with van der Waals surface area (Å²) in [5.41, 5.74) is 8.31. The summed E-state index contributed by atoms with van der Waals surface area (Å²) in [6.45, 7) is 18.1. The standard InChI is InChI=1S/2C22H27N7O2.C21H27N7O/c2*30-21-9-16(17-11-25-26-12-17)1-2-19(21)20-13-24-22(28-27-20)29-6-3-15(14-29)10-23-18-4-7-31-8-5-18;1-20(2)8-15(9-21(3,4)28-20)25-18-12-22-19(27-26-18)16-6-5-13(7-17(16)29)14-10-23-24-11-14/h2*1-2,9,11-13,15,18,23,30H,3-8,10,14H2,(H,25,26);5-7,10-12,15,28-29H,8-9H2,1-4H3,(H,23,24)(H,25,26)/t2*15-;/m10./s1. The molecule has 5 fully saturated rings. The molecule has 6 aromatic heterocycles. The van der Waals surface area contributed by atoms with E-state index in [0.717, 1.165) is 150 Å². The summed E-state index contributed by atoms with van der Waals surface area (Å²) < 4.78 is 10.9. The maximum absolute atomic E-state index is 10.5. The van der Waals surface area contributed by atoms with Crippen LogP contribution in [0.5, 0.6) is 17.2 Å². The number of aromatic nitrogens is 15. The number of piperidine rings is 1. The van der Waals surface area contributed by atoms with Gasteiger partial charge in [-0.3, -0.25) is 15.3 Å². The van der Waals surface area contributed by atoms with Gasteiger partial charge in [0.25, 0.3) is 0 Å². The van der Waals surface area contributed by atoms with Crippen molar-refractivity contribution in [2.45, 2.75) is 108 Å². The van der Waals surface area contributed by atoms with Crippen LogP contribution in [-0.4, -0.2) is 186 Å². The number of nitrogens with zero attached hydrogens (tertiary/aromatic N) is 14. The summed E-state index contributed by atoms with van der Waals surface area (Å²) >= 11 is 0. The molecule has 0 saturated carbocycles. The molecule has 0 spiro atoms. The van der Waals surface area contributed by atoms with Crippen molar-refractivity contribution in [2.75, 3.05) is 80.8 Å². The second-order valence-electron chi connectivity index (χ2n) is 25.5. The quantitative estimate of drug-likeness (QED) is 0.0441. The minimum atomic E-state index is 0.0444. The SMILES string of the molecule is CC1(C)CC(Nc2cnc(-c3ccc(-c4cn[nH]c4)cc3O)nn2)CC(C)(C)N1.Oc1cc(-c2cn[nH]c2)ccc1-c1cnc(N2CC[C@@H](CNC3CCOCC3)C2)nn1.Oc1cc(-c2cn[nH]c2)ccc1-c1cnc(N2CC[C@H](CNC3CCOCC3)C2)nn1. The summed E-state index contributed by atoms with van der Waals surface area (Å²) in [4.78, 5) is 17.8. The van der Waals surface area contributed by atoms with Gasteiger partial charge >= 0.3 is 0 Å². The zero-order valence-corrected chi connectivity index (χ0v) is 51.9. The largest absolute Gasteiger partial charge is 0.507 e. The van der Waals surface area contributed by atoms with Crippen molar-refractivity contribution in [3.63, 3.8) is 0 Å². The Morgan fingerprint density at radius 3 is 1.30 bits per heavy atom. The topological polar surface area (TPSA) is 336 Å². The molecular formula is C65H81N21O5. The van der Waals surface area contributed by atoms with E-state index in [1.54, 1.807) is 80.0 Å². The average molecular weight is 1240 g/mol. The lowest BCUT2D eigenvalue weighted by atomic mass is 9.79. The van der Waals surface area contributed by atoms with Gasteiger partial charge in [0.15, 0.2) is 11.6 Å². The fourth-order valence-corrected chi connectivity index (χ4v) is 13.0. The third-order valence-electron chi connectivity index (χ3n) is 17.5. The molecule has 0 unspecified atom stereocenters. The molecule has 5 aliphatic rings. The van der Waals surface area contributed by atoms with Crippen LogP contribution in [0.1, 0.15) is 79.1 Å². The number of rotatable bonds is 16. The molecule has 2 atom stereocenters. The summed E-state index contributed by atoms with van der Waals surface area (Å²) in [5, 5.41) is 91.9. The summed E-state index contributed by atoms with van der Waals surface area (Å²) in [6.07, 6.45) is 24.1. The maximum Gasteiger partial charge on any atom is 0.245 e. The van der Waals surface area contributed by atoms with Crippen LogP contribution in [0.25, 0.3) is 67.3 Å². The van der Waals surface area contributed by atoms with Gasteiger partial charge in [-0.1, -0.05) is 18.2 Å². The van der Waals surface area contributed by atoms with Gasteiger partial charge in [-0.2, -0.15) is 15.3 Å².